The predicted molar refractivity (Wildman–Crippen MR) is 196 cm³/mol. The van der Waals surface area contributed by atoms with Crippen LogP contribution in [0, 0.1) is 44.0 Å². The molecule has 2 aromatic carbocycles. The van der Waals surface area contributed by atoms with Gasteiger partial charge in [-0.3, -0.25) is 40.5 Å². The minimum atomic E-state index is -1.10. The molecule has 14 nitrogen and oxygen atoms in total. The number of nitro groups is 4. The Morgan fingerprint density at radius 2 is 0.833 bits per heavy atom. The third-order valence-electron chi connectivity index (χ3n) is 7.31. The summed E-state index contributed by atoms with van der Waals surface area (Å²) in [6.07, 6.45) is 20.6. The Morgan fingerprint density at radius 1 is 0.521 bits per heavy atom. The van der Waals surface area contributed by atoms with Crippen LogP contribution >= 0.6 is 22.6 Å². The maximum Gasteiger partial charge on any atom is 0.451 e. The molecule has 2 N–H and O–H groups in total. The Labute approximate surface area is 296 Å². The molecule has 0 aromatic heterocycles. The van der Waals surface area contributed by atoms with Crippen molar-refractivity contribution in [3.8, 4) is 0 Å². The largest absolute Gasteiger partial charge is 0.451 e. The lowest BCUT2D eigenvalue weighted by Crippen LogP contribution is -2.09. The molecular formula is C32H50BIN4O10. The van der Waals surface area contributed by atoms with Crippen molar-refractivity contribution in [1.82, 2.24) is 0 Å². The summed E-state index contributed by atoms with van der Waals surface area (Å²) < 4.78 is 0.471. The Hall–Kier alpha value is -3.25. The van der Waals surface area contributed by atoms with Gasteiger partial charge in [0.25, 0.3) is 22.7 Å². The second-order valence-corrected chi connectivity index (χ2v) is 12.8. The van der Waals surface area contributed by atoms with Crippen LogP contribution in [0.4, 0.5) is 22.7 Å². The van der Waals surface area contributed by atoms with Gasteiger partial charge < -0.3 is 10.0 Å². The standard InChI is InChI=1S/C16H24N2O4.C10H23BO2.C6H3IN2O4/c1-2-3-4-5-6-7-8-9-10-14-11-15(17(19)20)13-16(12-14)18(21)22;1-2-3-4-5-6-7-8-9-10-11(12)13;7-4-1-5(8(10)11)3-6(2-4)9(12)13/h11-13H,2-10H2,1H3;12-13H,2-10H2,1H3;1-3H. The van der Waals surface area contributed by atoms with Gasteiger partial charge in [0.05, 0.1) is 31.8 Å². The molecule has 0 radical (unpaired) electrons. The van der Waals surface area contributed by atoms with Crippen LogP contribution in [-0.4, -0.2) is 36.9 Å². The number of rotatable bonds is 22. The molecule has 0 saturated heterocycles. The molecule has 0 aliphatic carbocycles. The zero-order valence-corrected chi connectivity index (χ0v) is 30.3. The summed E-state index contributed by atoms with van der Waals surface area (Å²) in [7, 11) is -1.10. The maximum atomic E-state index is 10.8. The zero-order chi connectivity index (χ0) is 36.3. The fourth-order valence-electron chi connectivity index (χ4n) is 4.71. The Morgan fingerprint density at radius 3 is 1.17 bits per heavy atom. The van der Waals surface area contributed by atoms with Gasteiger partial charge in [0, 0.05) is 27.8 Å². The van der Waals surface area contributed by atoms with Crippen LogP contribution in [0.2, 0.25) is 6.32 Å². The number of nitrogens with zero attached hydrogens (tertiary/aromatic N) is 4. The van der Waals surface area contributed by atoms with Crippen LogP contribution < -0.4 is 0 Å². The normalized spacial score (nSPS) is 10.3. The van der Waals surface area contributed by atoms with Crippen molar-refractivity contribution in [1.29, 1.82) is 0 Å². The molecule has 2 aromatic rings. The first-order valence-corrected chi connectivity index (χ1v) is 17.8. The minimum absolute atomic E-state index is 0.205. The number of unbranched alkanes of at least 4 members (excludes halogenated alkanes) is 14. The first kappa shape index (κ1) is 44.8. The van der Waals surface area contributed by atoms with Crippen molar-refractivity contribution < 1.29 is 29.7 Å². The number of non-ortho nitro benzene ring substituents is 4. The Kier molecular flexibility index (Phi) is 25.8. The predicted octanol–water partition coefficient (Wildman–Crippen LogP) is 9.89. The number of hydrogen-bond donors (Lipinski definition) is 2. The molecule has 0 saturated carbocycles. The number of benzene rings is 2. The lowest BCUT2D eigenvalue weighted by atomic mass is 9.83. The van der Waals surface area contributed by atoms with Gasteiger partial charge in [0.2, 0.25) is 0 Å². The summed E-state index contributed by atoms with van der Waals surface area (Å²) >= 11 is 1.79. The van der Waals surface area contributed by atoms with Crippen LogP contribution in [0.3, 0.4) is 0 Å². The van der Waals surface area contributed by atoms with E-state index in [2.05, 4.69) is 13.8 Å². The number of nitro benzene ring substituents is 4. The summed E-state index contributed by atoms with van der Waals surface area (Å²) in [5, 5.41) is 59.4. The van der Waals surface area contributed by atoms with E-state index in [0.717, 1.165) is 44.2 Å². The van der Waals surface area contributed by atoms with E-state index in [9.17, 15) is 40.5 Å². The highest BCUT2D eigenvalue weighted by molar-refractivity contribution is 14.1. The lowest BCUT2D eigenvalue weighted by molar-refractivity contribution is -0.394. The summed E-state index contributed by atoms with van der Waals surface area (Å²) in [4.78, 5) is 39.8. The van der Waals surface area contributed by atoms with E-state index in [1.165, 1.54) is 94.9 Å². The molecule has 0 spiro atoms. The summed E-state index contributed by atoms with van der Waals surface area (Å²) in [6.45, 7) is 4.42. The highest BCUT2D eigenvalue weighted by Gasteiger charge is 2.16. The molecule has 0 heterocycles. The van der Waals surface area contributed by atoms with Gasteiger partial charge in [0.15, 0.2) is 0 Å². The molecule has 0 atom stereocenters. The van der Waals surface area contributed by atoms with Gasteiger partial charge in [-0.05, 0) is 47.3 Å². The van der Waals surface area contributed by atoms with E-state index in [-0.39, 0.29) is 22.7 Å². The maximum absolute atomic E-state index is 10.8. The number of aryl methyl sites for hydroxylation is 1. The topological polar surface area (TPSA) is 213 Å². The molecule has 0 unspecified atom stereocenters. The average molecular weight is 788 g/mol. The van der Waals surface area contributed by atoms with Crippen molar-refractivity contribution in [2.24, 2.45) is 0 Å². The van der Waals surface area contributed by atoms with Crippen molar-refractivity contribution >= 4 is 52.5 Å². The first-order chi connectivity index (χ1) is 22.8. The highest BCUT2D eigenvalue weighted by Crippen LogP contribution is 2.25. The second kappa shape index (κ2) is 27.7. The van der Waals surface area contributed by atoms with Crippen LogP contribution in [0.1, 0.15) is 122 Å². The molecule has 0 aliphatic rings. The van der Waals surface area contributed by atoms with E-state index in [0.29, 0.717) is 21.9 Å². The SMILES string of the molecule is CCCCCCCCCCB(O)O.CCCCCCCCCCc1cc([N+](=O)[O-])cc([N+](=O)[O-])c1.O=[N+]([O-])c1cc(I)cc([N+](=O)[O-])c1. The quantitative estimate of drug-likeness (QED) is 0.0379. The van der Waals surface area contributed by atoms with Crippen molar-refractivity contribution in [3.63, 3.8) is 0 Å². The zero-order valence-electron chi connectivity index (χ0n) is 28.1. The highest BCUT2D eigenvalue weighted by atomic mass is 127. The van der Waals surface area contributed by atoms with E-state index >= 15 is 0 Å². The van der Waals surface area contributed by atoms with Gasteiger partial charge in [-0.15, -0.1) is 0 Å². The Balaban J connectivity index is 0.000000733. The van der Waals surface area contributed by atoms with Gasteiger partial charge in [-0.1, -0.05) is 110 Å². The van der Waals surface area contributed by atoms with Crippen LogP contribution in [-0.2, 0) is 6.42 Å². The fraction of sp³-hybridized carbons (Fsp3) is 0.625. The number of halogens is 1. The Bertz CT molecular complexity index is 1190. The molecule has 0 amide bonds. The smallest absolute Gasteiger partial charge is 0.427 e. The molecular weight excluding hydrogens is 738 g/mol. The first-order valence-electron chi connectivity index (χ1n) is 16.7. The molecule has 0 fully saturated rings. The van der Waals surface area contributed by atoms with Gasteiger partial charge in [0.1, 0.15) is 0 Å². The van der Waals surface area contributed by atoms with E-state index in [1.807, 2.05) is 0 Å². The van der Waals surface area contributed by atoms with Crippen molar-refractivity contribution in [3.05, 3.63) is 86.0 Å². The average Bonchev–Trinajstić information content (AvgIpc) is 3.03. The minimum Gasteiger partial charge on any atom is -0.427 e. The van der Waals surface area contributed by atoms with Crippen molar-refractivity contribution in [2.45, 2.75) is 129 Å². The lowest BCUT2D eigenvalue weighted by Gasteiger charge is -2.03. The molecule has 0 bridgehead atoms. The molecule has 2 rings (SSSR count). The van der Waals surface area contributed by atoms with E-state index < -0.39 is 26.8 Å². The molecule has 268 valence electrons. The van der Waals surface area contributed by atoms with Crippen LogP contribution in [0.15, 0.2) is 36.4 Å². The molecule has 0 aliphatic heterocycles. The monoisotopic (exact) mass is 788 g/mol. The number of hydrogen-bond acceptors (Lipinski definition) is 10. The third kappa shape index (κ3) is 23.1. The summed E-state index contributed by atoms with van der Waals surface area (Å²) in [5.41, 5.74) is -0.267. The van der Waals surface area contributed by atoms with Gasteiger partial charge in [-0.25, -0.2) is 0 Å². The summed E-state index contributed by atoms with van der Waals surface area (Å²) in [6, 6.07) is 7.36. The van der Waals surface area contributed by atoms with E-state index in [4.69, 9.17) is 10.0 Å². The third-order valence-corrected chi connectivity index (χ3v) is 7.93. The van der Waals surface area contributed by atoms with Crippen LogP contribution in [0.25, 0.3) is 0 Å². The second-order valence-electron chi connectivity index (χ2n) is 11.5. The van der Waals surface area contributed by atoms with Gasteiger partial charge in [-0.2, -0.15) is 0 Å². The van der Waals surface area contributed by atoms with E-state index in [1.54, 1.807) is 22.6 Å². The fourth-order valence-corrected chi connectivity index (χ4v) is 5.34. The summed E-state index contributed by atoms with van der Waals surface area (Å²) in [5.74, 6) is 0. The molecule has 16 heteroatoms. The van der Waals surface area contributed by atoms with Crippen LogP contribution in [0.5, 0.6) is 0 Å². The van der Waals surface area contributed by atoms with Gasteiger partial charge >= 0.3 is 7.12 Å². The van der Waals surface area contributed by atoms with Crippen molar-refractivity contribution in [2.75, 3.05) is 0 Å². The molecule has 48 heavy (non-hydrogen) atoms.